The van der Waals surface area contributed by atoms with Gasteiger partial charge in [0.25, 0.3) is 21.8 Å². The van der Waals surface area contributed by atoms with Crippen molar-refractivity contribution in [2.45, 2.75) is 25.2 Å². The van der Waals surface area contributed by atoms with Crippen molar-refractivity contribution in [1.82, 2.24) is 10.9 Å². The van der Waals surface area contributed by atoms with Gasteiger partial charge in [0.2, 0.25) is 0 Å². The van der Waals surface area contributed by atoms with Crippen LogP contribution in [0.25, 0.3) is 0 Å². The van der Waals surface area contributed by atoms with Crippen LogP contribution in [-0.2, 0) is 10.0 Å². The van der Waals surface area contributed by atoms with E-state index in [1.54, 1.807) is 26.0 Å². The zero-order valence-electron chi connectivity index (χ0n) is 18.5. The van der Waals surface area contributed by atoms with Gasteiger partial charge >= 0.3 is 0 Å². The monoisotopic (exact) mass is 485 g/mol. The predicted octanol–water partition coefficient (Wildman–Crippen LogP) is 2.93. The molecule has 0 fully saturated rings. The zero-order valence-corrected chi connectivity index (χ0v) is 19.3. The molecule has 1 aromatic heterocycles. The first kappa shape index (κ1) is 23.2. The summed E-state index contributed by atoms with van der Waals surface area (Å²) in [5.74, 6) is 0.811. The molecule has 1 aliphatic heterocycles. The molecule has 0 aliphatic carbocycles. The number of hydrogen-bond donors (Lipinski definition) is 3. The van der Waals surface area contributed by atoms with Gasteiger partial charge in [-0.1, -0.05) is 0 Å². The van der Waals surface area contributed by atoms with Crippen molar-refractivity contribution in [1.29, 1.82) is 0 Å². The fraction of sp³-hybridized carbons (Fsp3) is 0.217. The summed E-state index contributed by atoms with van der Waals surface area (Å²) in [4.78, 5) is 24.5. The van der Waals surface area contributed by atoms with Gasteiger partial charge in [0.15, 0.2) is 11.5 Å². The van der Waals surface area contributed by atoms with Crippen LogP contribution >= 0.6 is 0 Å². The Kier molecular flexibility index (Phi) is 6.46. The van der Waals surface area contributed by atoms with Crippen LogP contribution in [0.15, 0.2) is 57.8 Å². The van der Waals surface area contributed by atoms with E-state index in [1.807, 2.05) is 0 Å². The third-order valence-electron chi connectivity index (χ3n) is 5.00. The molecule has 0 bridgehead atoms. The molecule has 4 rings (SSSR count). The lowest BCUT2D eigenvalue weighted by atomic mass is 10.2. The summed E-state index contributed by atoms with van der Waals surface area (Å²) >= 11 is 0. The van der Waals surface area contributed by atoms with Gasteiger partial charge in [-0.05, 0) is 56.3 Å². The molecule has 3 aromatic rings. The Balaban J connectivity index is 1.39. The molecule has 1 aliphatic rings. The van der Waals surface area contributed by atoms with E-state index >= 15 is 0 Å². The molecule has 11 heteroatoms. The maximum absolute atomic E-state index is 12.8. The third-order valence-corrected chi connectivity index (χ3v) is 6.38. The predicted molar refractivity (Wildman–Crippen MR) is 122 cm³/mol. The molecular weight excluding hydrogens is 462 g/mol. The van der Waals surface area contributed by atoms with Crippen LogP contribution in [0, 0.1) is 13.8 Å². The molecule has 0 radical (unpaired) electrons. The van der Waals surface area contributed by atoms with Crippen LogP contribution in [0.4, 0.5) is 5.69 Å². The molecule has 2 amide bonds. The van der Waals surface area contributed by atoms with E-state index in [-0.39, 0.29) is 16.1 Å². The summed E-state index contributed by atoms with van der Waals surface area (Å²) in [5.41, 5.74) is 5.44. The van der Waals surface area contributed by atoms with Crippen molar-refractivity contribution >= 4 is 27.5 Å². The minimum absolute atomic E-state index is 0.0195. The number of carbonyl (C=O) groups excluding carboxylic acids is 2. The summed E-state index contributed by atoms with van der Waals surface area (Å²) in [7, 11) is -3.90. The van der Waals surface area contributed by atoms with E-state index in [0.29, 0.717) is 48.2 Å². The van der Waals surface area contributed by atoms with Gasteiger partial charge < -0.3 is 13.9 Å². The van der Waals surface area contributed by atoms with Crippen molar-refractivity contribution < 1.29 is 31.9 Å². The number of benzene rings is 2. The van der Waals surface area contributed by atoms with Gasteiger partial charge in [0, 0.05) is 23.7 Å². The van der Waals surface area contributed by atoms with Gasteiger partial charge in [-0.15, -0.1) is 0 Å². The highest BCUT2D eigenvalue weighted by molar-refractivity contribution is 7.92. The summed E-state index contributed by atoms with van der Waals surface area (Å²) in [6.07, 6.45) is 0.710. The molecule has 2 aromatic carbocycles. The van der Waals surface area contributed by atoms with Crippen LogP contribution in [0.1, 0.15) is 38.7 Å². The number of rotatable bonds is 5. The Morgan fingerprint density at radius 2 is 1.53 bits per heavy atom. The number of hydrogen-bond acceptors (Lipinski definition) is 7. The van der Waals surface area contributed by atoms with Crippen LogP contribution in [0.3, 0.4) is 0 Å². The molecule has 0 atom stereocenters. The molecule has 3 N–H and O–H groups in total. The number of sulfonamides is 1. The van der Waals surface area contributed by atoms with Crippen LogP contribution in [0.2, 0.25) is 0 Å². The Morgan fingerprint density at radius 3 is 2.21 bits per heavy atom. The highest BCUT2D eigenvalue weighted by atomic mass is 32.2. The molecule has 0 spiro atoms. The van der Waals surface area contributed by atoms with Crippen LogP contribution in [-0.4, -0.2) is 33.4 Å². The quantitative estimate of drug-likeness (QED) is 0.473. The highest BCUT2D eigenvalue weighted by Gasteiger charge is 2.19. The maximum atomic E-state index is 12.8. The molecule has 0 saturated heterocycles. The van der Waals surface area contributed by atoms with Crippen molar-refractivity contribution in [3.8, 4) is 11.5 Å². The molecule has 34 heavy (non-hydrogen) atoms. The third kappa shape index (κ3) is 5.15. The van der Waals surface area contributed by atoms with Crippen molar-refractivity contribution in [2.24, 2.45) is 0 Å². The largest absolute Gasteiger partial charge is 0.490 e. The second kappa shape index (κ2) is 9.48. The first-order chi connectivity index (χ1) is 16.2. The second-order valence-corrected chi connectivity index (χ2v) is 9.26. The number of amides is 2. The van der Waals surface area contributed by atoms with E-state index in [9.17, 15) is 18.0 Å². The minimum atomic E-state index is -3.90. The molecule has 2 heterocycles. The Labute approximate surface area is 196 Å². The number of fused-ring (bicyclic) bond motifs is 1. The van der Waals surface area contributed by atoms with E-state index in [4.69, 9.17) is 13.9 Å². The number of hydrazine groups is 1. The highest BCUT2D eigenvalue weighted by Crippen LogP contribution is 2.32. The lowest BCUT2D eigenvalue weighted by molar-refractivity contribution is 0.0845. The average molecular weight is 486 g/mol. The average Bonchev–Trinajstić information content (AvgIpc) is 3.00. The zero-order chi connectivity index (χ0) is 24.3. The maximum Gasteiger partial charge on any atom is 0.273 e. The van der Waals surface area contributed by atoms with E-state index in [1.165, 1.54) is 36.4 Å². The first-order valence-electron chi connectivity index (χ1n) is 10.4. The number of aryl methyl sites for hydroxylation is 2. The van der Waals surface area contributed by atoms with E-state index < -0.39 is 21.8 Å². The van der Waals surface area contributed by atoms with Crippen molar-refractivity contribution in [3.63, 3.8) is 0 Å². The van der Waals surface area contributed by atoms with Gasteiger partial charge in [0.05, 0.1) is 23.7 Å². The van der Waals surface area contributed by atoms with Crippen LogP contribution in [0.5, 0.6) is 11.5 Å². The Morgan fingerprint density at radius 1 is 0.853 bits per heavy atom. The Bertz CT molecular complexity index is 1330. The SMILES string of the molecule is Cc1cc(C(=O)NNC(=O)c2ccc(NS(=O)(=O)c3ccc4c(c3)OCCCO4)cc2)c(C)o1. The summed E-state index contributed by atoms with van der Waals surface area (Å²) in [5, 5.41) is 0. The fourth-order valence-electron chi connectivity index (χ4n) is 3.32. The van der Waals surface area contributed by atoms with E-state index in [0.717, 1.165) is 0 Å². The minimum Gasteiger partial charge on any atom is -0.490 e. The number of carbonyl (C=O) groups is 2. The van der Waals surface area contributed by atoms with Gasteiger partial charge in [0.1, 0.15) is 11.5 Å². The molecular formula is C23H23N3O7S. The van der Waals surface area contributed by atoms with Crippen molar-refractivity contribution in [3.05, 3.63) is 71.2 Å². The lowest BCUT2D eigenvalue weighted by Crippen LogP contribution is -2.41. The van der Waals surface area contributed by atoms with Crippen LogP contribution < -0.4 is 25.0 Å². The molecule has 10 nitrogen and oxygen atoms in total. The van der Waals surface area contributed by atoms with Gasteiger partial charge in [-0.2, -0.15) is 0 Å². The van der Waals surface area contributed by atoms with Gasteiger partial charge in [-0.25, -0.2) is 8.42 Å². The second-order valence-electron chi connectivity index (χ2n) is 7.58. The van der Waals surface area contributed by atoms with E-state index in [2.05, 4.69) is 15.6 Å². The van der Waals surface area contributed by atoms with Gasteiger partial charge in [-0.3, -0.25) is 25.2 Å². The summed E-state index contributed by atoms with van der Waals surface area (Å²) in [6, 6.07) is 11.7. The summed E-state index contributed by atoms with van der Waals surface area (Å²) < 4.78 is 44.4. The molecule has 0 saturated carbocycles. The lowest BCUT2D eigenvalue weighted by Gasteiger charge is -2.12. The number of ether oxygens (including phenoxy) is 2. The smallest absolute Gasteiger partial charge is 0.273 e. The topological polar surface area (TPSA) is 136 Å². The molecule has 178 valence electrons. The fourth-order valence-corrected chi connectivity index (χ4v) is 4.40. The summed E-state index contributed by atoms with van der Waals surface area (Å²) in [6.45, 7) is 4.31. The number of furan rings is 1. The first-order valence-corrected chi connectivity index (χ1v) is 11.9. The normalized spacial score (nSPS) is 13.0. The Hall–Kier alpha value is -3.99. The van der Waals surface area contributed by atoms with Crippen molar-refractivity contribution in [2.75, 3.05) is 17.9 Å². The number of nitrogens with one attached hydrogen (secondary N) is 3. The number of anilines is 1. The standard InChI is InChI=1S/C23H23N3O7S/c1-14-12-19(15(2)33-14)23(28)25-24-22(27)16-4-6-17(7-5-16)26-34(29,30)18-8-9-20-21(13-18)32-11-3-10-31-20/h4-9,12-13,26H,3,10-11H2,1-2H3,(H,24,27)(H,25,28). The molecule has 0 unspecified atom stereocenters.